The highest BCUT2D eigenvalue weighted by atomic mass is 32.2. The fraction of sp³-hybridized carbons (Fsp3) is 0.600. The summed E-state index contributed by atoms with van der Waals surface area (Å²) < 4.78 is 25.0. The molecule has 0 radical (unpaired) electrons. The van der Waals surface area contributed by atoms with E-state index in [2.05, 4.69) is 19.1 Å². The number of ether oxygens (including phenoxy) is 4. The van der Waals surface area contributed by atoms with Gasteiger partial charge in [0, 0.05) is 12.2 Å². The Morgan fingerprint density at radius 2 is 2.04 bits per heavy atom. The van der Waals surface area contributed by atoms with Gasteiger partial charge < -0.3 is 18.9 Å². The molecule has 0 saturated carbocycles. The number of hydrogen-bond donors (Lipinski definition) is 0. The second kappa shape index (κ2) is 7.80. The molecule has 1 aromatic carbocycles. The van der Waals surface area contributed by atoms with Crippen molar-refractivity contribution in [1.82, 2.24) is 0 Å². The topological polar surface area (TPSA) is 36.9 Å². The van der Waals surface area contributed by atoms with Crippen LogP contribution in [0.3, 0.4) is 0 Å². The Balaban J connectivity index is 1.54. The van der Waals surface area contributed by atoms with E-state index in [0.717, 1.165) is 37.2 Å². The SMILES string of the molecule is CCS[C@]12CCCO[C@@H]1/C=C\C[C@@H]1O[C@H](c3ccccc3)OC[C@H]1O2. The summed E-state index contributed by atoms with van der Waals surface area (Å²) in [6.07, 6.45) is 6.88. The van der Waals surface area contributed by atoms with Crippen LogP contribution in [0.4, 0.5) is 0 Å². The lowest BCUT2D eigenvalue weighted by molar-refractivity contribution is -0.284. The van der Waals surface area contributed by atoms with Gasteiger partial charge in [-0.25, -0.2) is 0 Å². The second-order valence-electron chi connectivity index (χ2n) is 6.71. The Bertz CT molecular complexity index is 589. The van der Waals surface area contributed by atoms with E-state index in [1.54, 1.807) is 0 Å². The minimum absolute atomic E-state index is 0.00686. The molecule has 5 heteroatoms. The lowest BCUT2D eigenvalue weighted by Crippen LogP contribution is -2.54. The van der Waals surface area contributed by atoms with Crippen LogP contribution in [0.25, 0.3) is 0 Å². The second-order valence-corrected chi connectivity index (χ2v) is 8.27. The van der Waals surface area contributed by atoms with Crippen molar-refractivity contribution in [3.8, 4) is 0 Å². The molecule has 0 bridgehead atoms. The van der Waals surface area contributed by atoms with Gasteiger partial charge in [0.2, 0.25) is 0 Å². The highest BCUT2D eigenvalue weighted by Crippen LogP contribution is 2.44. The van der Waals surface area contributed by atoms with Crippen molar-refractivity contribution in [2.45, 2.75) is 55.7 Å². The number of fused-ring (bicyclic) bond motifs is 2. The van der Waals surface area contributed by atoms with Gasteiger partial charge in [0.25, 0.3) is 0 Å². The summed E-state index contributed by atoms with van der Waals surface area (Å²) in [4.78, 5) is -0.320. The quantitative estimate of drug-likeness (QED) is 0.758. The van der Waals surface area contributed by atoms with E-state index in [-0.39, 0.29) is 29.5 Å². The average molecular weight is 362 g/mol. The molecule has 25 heavy (non-hydrogen) atoms. The Hall–Kier alpha value is -0.850. The van der Waals surface area contributed by atoms with Gasteiger partial charge in [-0.05, 0) is 25.0 Å². The third-order valence-electron chi connectivity index (χ3n) is 5.02. The molecule has 3 aliphatic heterocycles. The summed E-state index contributed by atoms with van der Waals surface area (Å²) in [5.74, 6) is 0.999. The van der Waals surface area contributed by atoms with Crippen LogP contribution in [-0.4, -0.2) is 42.2 Å². The normalized spacial score (nSPS) is 39.6. The fourth-order valence-electron chi connectivity index (χ4n) is 3.83. The Morgan fingerprint density at radius 1 is 1.16 bits per heavy atom. The van der Waals surface area contributed by atoms with Crippen molar-refractivity contribution in [3.63, 3.8) is 0 Å². The molecule has 0 spiro atoms. The lowest BCUT2D eigenvalue weighted by atomic mass is 9.99. The Labute approximate surface area is 153 Å². The van der Waals surface area contributed by atoms with E-state index in [1.807, 2.05) is 42.1 Å². The molecule has 0 N–H and O–H groups in total. The van der Waals surface area contributed by atoms with Gasteiger partial charge in [-0.2, -0.15) is 0 Å². The highest BCUT2D eigenvalue weighted by Gasteiger charge is 2.47. The summed E-state index contributed by atoms with van der Waals surface area (Å²) in [6.45, 7) is 3.53. The van der Waals surface area contributed by atoms with E-state index in [4.69, 9.17) is 18.9 Å². The van der Waals surface area contributed by atoms with E-state index < -0.39 is 0 Å². The molecule has 5 atom stereocenters. The van der Waals surface area contributed by atoms with Crippen LogP contribution in [-0.2, 0) is 18.9 Å². The van der Waals surface area contributed by atoms with E-state index in [0.29, 0.717) is 6.61 Å². The summed E-state index contributed by atoms with van der Waals surface area (Å²) in [5.41, 5.74) is 1.06. The zero-order valence-corrected chi connectivity index (χ0v) is 15.5. The summed E-state index contributed by atoms with van der Waals surface area (Å²) in [7, 11) is 0. The van der Waals surface area contributed by atoms with Gasteiger partial charge in [0.05, 0.1) is 12.7 Å². The molecule has 3 heterocycles. The van der Waals surface area contributed by atoms with Gasteiger partial charge in [0.15, 0.2) is 6.29 Å². The van der Waals surface area contributed by atoms with Crippen molar-refractivity contribution >= 4 is 11.8 Å². The molecule has 3 aliphatic rings. The number of hydrogen-bond acceptors (Lipinski definition) is 5. The first kappa shape index (κ1) is 17.6. The maximum atomic E-state index is 6.65. The predicted octanol–water partition coefficient (Wildman–Crippen LogP) is 4.07. The minimum atomic E-state index is -0.320. The van der Waals surface area contributed by atoms with Crippen LogP contribution in [0, 0.1) is 0 Å². The molecule has 0 aromatic heterocycles. The van der Waals surface area contributed by atoms with E-state index >= 15 is 0 Å². The van der Waals surface area contributed by atoms with Gasteiger partial charge in [-0.3, -0.25) is 0 Å². The summed E-state index contributed by atoms with van der Waals surface area (Å²) in [5, 5.41) is 0. The molecule has 1 aromatic rings. The summed E-state index contributed by atoms with van der Waals surface area (Å²) >= 11 is 1.85. The van der Waals surface area contributed by atoms with Gasteiger partial charge >= 0.3 is 0 Å². The molecule has 0 aliphatic carbocycles. The molecule has 2 fully saturated rings. The van der Waals surface area contributed by atoms with Crippen molar-refractivity contribution in [3.05, 3.63) is 48.0 Å². The zero-order valence-electron chi connectivity index (χ0n) is 14.6. The number of benzene rings is 1. The van der Waals surface area contributed by atoms with E-state index in [1.165, 1.54) is 0 Å². The van der Waals surface area contributed by atoms with Crippen molar-refractivity contribution < 1.29 is 18.9 Å². The van der Waals surface area contributed by atoms with Crippen molar-refractivity contribution in [2.75, 3.05) is 19.0 Å². The molecule has 2 saturated heterocycles. The molecular formula is C20H26O4S. The average Bonchev–Trinajstić information content (AvgIpc) is 2.64. The van der Waals surface area contributed by atoms with Crippen LogP contribution in [0.2, 0.25) is 0 Å². The largest absolute Gasteiger partial charge is 0.370 e. The lowest BCUT2D eigenvalue weighted by Gasteiger charge is -2.47. The predicted molar refractivity (Wildman–Crippen MR) is 98.5 cm³/mol. The third kappa shape index (κ3) is 3.67. The minimum Gasteiger partial charge on any atom is -0.370 e. The maximum Gasteiger partial charge on any atom is 0.184 e. The molecule has 4 rings (SSSR count). The number of thioether (sulfide) groups is 1. The Kier molecular flexibility index (Phi) is 5.48. The van der Waals surface area contributed by atoms with Gasteiger partial charge in [0.1, 0.15) is 17.1 Å². The molecule has 0 amide bonds. The smallest absolute Gasteiger partial charge is 0.184 e. The van der Waals surface area contributed by atoms with E-state index in [9.17, 15) is 0 Å². The number of rotatable bonds is 3. The maximum absolute atomic E-state index is 6.65. The standard InChI is InChI=1S/C20H26O4S/c1-2-25-20-12-7-13-21-18(20)11-6-10-16-17(24-20)14-22-19(23-16)15-8-4-3-5-9-15/h3-6,8-9,11,16-19H,2,7,10,12-14H2,1H3/b11-6-/t16-,17+,18+,19+,20+/m0/s1. The van der Waals surface area contributed by atoms with Crippen LogP contribution >= 0.6 is 11.8 Å². The van der Waals surface area contributed by atoms with Crippen molar-refractivity contribution in [2.24, 2.45) is 0 Å². The first-order valence-corrected chi connectivity index (χ1v) is 10.2. The highest BCUT2D eigenvalue weighted by molar-refractivity contribution is 8.00. The van der Waals surface area contributed by atoms with Gasteiger partial charge in [-0.1, -0.05) is 49.4 Å². The zero-order chi connectivity index (χ0) is 17.1. The molecule has 4 nitrogen and oxygen atoms in total. The van der Waals surface area contributed by atoms with Gasteiger partial charge in [-0.15, -0.1) is 11.8 Å². The molecule has 136 valence electrons. The third-order valence-corrected chi connectivity index (χ3v) is 6.33. The first-order valence-electron chi connectivity index (χ1n) is 9.23. The Morgan fingerprint density at radius 3 is 2.88 bits per heavy atom. The van der Waals surface area contributed by atoms with Crippen LogP contribution < -0.4 is 0 Å². The molecule has 0 unspecified atom stereocenters. The van der Waals surface area contributed by atoms with Crippen LogP contribution in [0.5, 0.6) is 0 Å². The van der Waals surface area contributed by atoms with Crippen molar-refractivity contribution in [1.29, 1.82) is 0 Å². The van der Waals surface area contributed by atoms with Crippen LogP contribution in [0.15, 0.2) is 42.5 Å². The summed E-state index contributed by atoms with van der Waals surface area (Å²) in [6, 6.07) is 10.1. The fourth-order valence-corrected chi connectivity index (χ4v) is 5.11. The first-order chi connectivity index (χ1) is 12.3. The molecular weight excluding hydrogens is 336 g/mol. The van der Waals surface area contributed by atoms with Crippen LogP contribution in [0.1, 0.15) is 38.0 Å². The monoisotopic (exact) mass is 362 g/mol.